The van der Waals surface area contributed by atoms with Gasteiger partial charge in [-0.15, -0.1) is 0 Å². The molecule has 1 heterocycles. The summed E-state index contributed by atoms with van der Waals surface area (Å²) in [5, 5.41) is 0.259. The van der Waals surface area contributed by atoms with E-state index in [1.807, 2.05) is 0 Å². The van der Waals surface area contributed by atoms with Crippen LogP contribution in [0.1, 0.15) is 25.0 Å². The molecule has 1 fully saturated rings. The Morgan fingerprint density at radius 2 is 2.50 bits per heavy atom. The minimum absolute atomic E-state index is 0.156. The second-order valence-corrected chi connectivity index (χ2v) is 4.16. The molecule has 1 aliphatic rings. The quantitative estimate of drug-likeness (QED) is 0.766. The molecule has 0 radical (unpaired) electrons. The molecule has 0 unspecified atom stereocenters. The molecule has 0 spiro atoms. The van der Waals surface area contributed by atoms with E-state index in [1.165, 1.54) is 12.3 Å². The fourth-order valence-corrected chi connectivity index (χ4v) is 1.85. The second kappa shape index (κ2) is 4.37. The van der Waals surface area contributed by atoms with Crippen LogP contribution in [0.2, 0.25) is 5.02 Å². The number of hydrogen-bond donors (Lipinski definition) is 0. The van der Waals surface area contributed by atoms with Gasteiger partial charge in [0.15, 0.2) is 0 Å². The lowest BCUT2D eigenvalue weighted by Gasteiger charge is -2.02. The molecule has 0 aromatic carbocycles. The van der Waals surface area contributed by atoms with Gasteiger partial charge in [0.1, 0.15) is 5.82 Å². The van der Waals surface area contributed by atoms with Crippen LogP contribution in [-0.2, 0) is 9.53 Å². The van der Waals surface area contributed by atoms with E-state index < -0.39 is 5.82 Å². The number of aromatic nitrogens is 1. The zero-order valence-electron chi connectivity index (χ0n) is 8.74. The molecule has 86 valence electrons. The minimum atomic E-state index is -0.454. The van der Waals surface area contributed by atoms with E-state index in [4.69, 9.17) is 16.3 Å². The molecule has 1 aromatic rings. The van der Waals surface area contributed by atoms with E-state index in [2.05, 4.69) is 4.98 Å². The van der Waals surface area contributed by atoms with Crippen molar-refractivity contribution in [2.75, 3.05) is 6.61 Å². The lowest BCUT2D eigenvalue weighted by atomic mass is 10.2. The van der Waals surface area contributed by atoms with Crippen LogP contribution >= 0.6 is 11.6 Å². The fraction of sp³-hybridized carbons (Fsp3) is 0.455. The van der Waals surface area contributed by atoms with E-state index in [0.717, 1.165) is 0 Å². The maximum absolute atomic E-state index is 13.5. The predicted octanol–water partition coefficient (Wildman–Crippen LogP) is 2.54. The van der Waals surface area contributed by atoms with E-state index in [-0.39, 0.29) is 22.8 Å². The Morgan fingerprint density at radius 1 is 1.75 bits per heavy atom. The third-order valence-electron chi connectivity index (χ3n) is 2.57. The Kier molecular flexibility index (Phi) is 3.10. The second-order valence-electron chi connectivity index (χ2n) is 3.72. The zero-order valence-corrected chi connectivity index (χ0v) is 9.50. The maximum Gasteiger partial charge on any atom is 0.309 e. The molecular formula is C11H11ClFNO2. The number of ether oxygens (including phenoxy) is 1. The molecule has 1 saturated carbocycles. The van der Waals surface area contributed by atoms with Crippen LogP contribution in [0.5, 0.6) is 0 Å². The topological polar surface area (TPSA) is 39.2 Å². The summed E-state index contributed by atoms with van der Waals surface area (Å²) >= 11 is 5.60. The number of carbonyl (C=O) groups excluding carboxylic acids is 1. The summed E-state index contributed by atoms with van der Waals surface area (Å²) in [6.45, 7) is 2.09. The summed E-state index contributed by atoms with van der Waals surface area (Å²) in [4.78, 5) is 15.3. The lowest BCUT2D eigenvalue weighted by Crippen LogP contribution is -2.08. The monoisotopic (exact) mass is 243 g/mol. The molecule has 3 nitrogen and oxygen atoms in total. The summed E-state index contributed by atoms with van der Waals surface area (Å²) in [6, 6.07) is 1.21. The normalized spacial score (nSPS) is 22.9. The molecule has 0 aliphatic heterocycles. The molecule has 1 aromatic heterocycles. The molecule has 1 aliphatic carbocycles. The third kappa shape index (κ3) is 2.16. The average molecular weight is 244 g/mol. The van der Waals surface area contributed by atoms with Gasteiger partial charge in [-0.25, -0.2) is 4.39 Å². The number of halogens is 2. The Morgan fingerprint density at radius 3 is 3.12 bits per heavy atom. The summed E-state index contributed by atoms with van der Waals surface area (Å²) in [5.41, 5.74) is 0.308. The number of pyridine rings is 1. The first-order valence-corrected chi connectivity index (χ1v) is 5.48. The molecule has 0 N–H and O–H groups in total. The highest BCUT2D eigenvalue weighted by atomic mass is 35.5. The first-order chi connectivity index (χ1) is 7.63. The van der Waals surface area contributed by atoms with Gasteiger partial charge in [0, 0.05) is 12.1 Å². The Bertz CT molecular complexity index is 424. The number of hydrogen-bond acceptors (Lipinski definition) is 3. The highest BCUT2D eigenvalue weighted by molar-refractivity contribution is 6.30. The summed E-state index contributed by atoms with van der Waals surface area (Å²) in [5.74, 6) is -1.13. The predicted molar refractivity (Wildman–Crippen MR) is 56.7 cm³/mol. The van der Waals surface area contributed by atoms with Crippen LogP contribution in [0.15, 0.2) is 12.3 Å². The molecule has 0 bridgehead atoms. The summed E-state index contributed by atoms with van der Waals surface area (Å²) < 4.78 is 18.3. The standard InChI is InChI=1S/C11H11ClFNO2/c1-2-16-11(15)8-4-7(8)10-9(13)3-6(12)5-14-10/h3,5,7-8H,2,4H2,1H3/t7-,8-/m0/s1. The van der Waals surface area contributed by atoms with Gasteiger partial charge in [-0.2, -0.15) is 0 Å². The Balaban J connectivity index is 2.08. The van der Waals surface area contributed by atoms with Crippen LogP contribution in [0.3, 0.4) is 0 Å². The van der Waals surface area contributed by atoms with Crippen molar-refractivity contribution >= 4 is 17.6 Å². The smallest absolute Gasteiger partial charge is 0.309 e. The van der Waals surface area contributed by atoms with Crippen molar-refractivity contribution in [2.24, 2.45) is 5.92 Å². The van der Waals surface area contributed by atoms with E-state index in [1.54, 1.807) is 6.92 Å². The van der Waals surface area contributed by atoms with Crippen molar-refractivity contribution in [2.45, 2.75) is 19.3 Å². The van der Waals surface area contributed by atoms with Crippen molar-refractivity contribution in [1.82, 2.24) is 4.98 Å². The van der Waals surface area contributed by atoms with Gasteiger partial charge in [0.05, 0.1) is 23.2 Å². The average Bonchev–Trinajstić information content (AvgIpc) is 2.98. The van der Waals surface area contributed by atoms with Crippen LogP contribution in [0, 0.1) is 11.7 Å². The minimum Gasteiger partial charge on any atom is -0.466 e. The van der Waals surface area contributed by atoms with Gasteiger partial charge in [0.2, 0.25) is 0 Å². The van der Waals surface area contributed by atoms with Gasteiger partial charge >= 0.3 is 5.97 Å². The molecular weight excluding hydrogens is 233 g/mol. The molecule has 2 atom stereocenters. The molecule has 2 rings (SSSR count). The van der Waals surface area contributed by atoms with Crippen LogP contribution < -0.4 is 0 Å². The maximum atomic E-state index is 13.5. The van der Waals surface area contributed by atoms with Gasteiger partial charge < -0.3 is 4.74 Å². The van der Waals surface area contributed by atoms with Crippen molar-refractivity contribution in [3.8, 4) is 0 Å². The van der Waals surface area contributed by atoms with Crippen molar-refractivity contribution < 1.29 is 13.9 Å². The third-order valence-corrected chi connectivity index (χ3v) is 2.77. The first kappa shape index (κ1) is 11.3. The van der Waals surface area contributed by atoms with Gasteiger partial charge in [0.25, 0.3) is 0 Å². The number of esters is 1. The molecule has 5 heteroatoms. The van der Waals surface area contributed by atoms with Crippen LogP contribution in [-0.4, -0.2) is 17.6 Å². The van der Waals surface area contributed by atoms with Crippen LogP contribution in [0.4, 0.5) is 4.39 Å². The van der Waals surface area contributed by atoms with Crippen LogP contribution in [0.25, 0.3) is 0 Å². The van der Waals surface area contributed by atoms with E-state index in [9.17, 15) is 9.18 Å². The SMILES string of the molecule is CCOC(=O)[C@H]1C[C@@H]1c1ncc(Cl)cc1F. The number of nitrogens with zero attached hydrogens (tertiary/aromatic N) is 1. The Labute approximate surface area is 97.6 Å². The van der Waals surface area contributed by atoms with Crippen molar-refractivity contribution in [3.63, 3.8) is 0 Å². The number of carbonyl (C=O) groups is 1. The summed E-state index contributed by atoms with van der Waals surface area (Å²) in [6.07, 6.45) is 1.99. The highest BCUT2D eigenvalue weighted by Gasteiger charge is 2.47. The number of rotatable bonds is 3. The zero-order chi connectivity index (χ0) is 11.7. The van der Waals surface area contributed by atoms with E-state index >= 15 is 0 Å². The lowest BCUT2D eigenvalue weighted by molar-refractivity contribution is -0.144. The van der Waals surface area contributed by atoms with Gasteiger partial charge in [-0.3, -0.25) is 9.78 Å². The largest absolute Gasteiger partial charge is 0.466 e. The molecule has 0 saturated heterocycles. The van der Waals surface area contributed by atoms with Gasteiger partial charge in [-0.05, 0) is 19.4 Å². The fourth-order valence-electron chi connectivity index (χ4n) is 1.70. The first-order valence-electron chi connectivity index (χ1n) is 5.11. The molecule has 0 amide bonds. The molecule has 16 heavy (non-hydrogen) atoms. The highest BCUT2D eigenvalue weighted by Crippen LogP contribution is 2.48. The van der Waals surface area contributed by atoms with Crippen molar-refractivity contribution in [1.29, 1.82) is 0 Å². The Hall–Kier alpha value is -1.16. The van der Waals surface area contributed by atoms with Crippen molar-refractivity contribution in [3.05, 3.63) is 28.8 Å². The van der Waals surface area contributed by atoms with Gasteiger partial charge in [-0.1, -0.05) is 11.6 Å². The van der Waals surface area contributed by atoms with E-state index in [0.29, 0.717) is 18.7 Å². The summed E-state index contributed by atoms with van der Waals surface area (Å²) in [7, 11) is 0.